The number of aliphatic hydroxyl groups is 1. The first kappa shape index (κ1) is 11.4. The predicted molar refractivity (Wildman–Crippen MR) is 61.3 cm³/mol. The largest absolute Gasteiger partial charge is 0.458 e. The smallest absolute Gasteiger partial charge is 0.135 e. The van der Waals surface area contributed by atoms with Gasteiger partial charge in [-0.1, -0.05) is 11.6 Å². The van der Waals surface area contributed by atoms with Crippen LogP contribution in [0.15, 0.2) is 28.7 Å². The van der Waals surface area contributed by atoms with Gasteiger partial charge in [0.2, 0.25) is 0 Å². The average molecular weight is 242 g/mol. The summed E-state index contributed by atoms with van der Waals surface area (Å²) in [6.45, 7) is 0.0908. The Hall–Kier alpha value is -1.11. The fourth-order valence-corrected chi connectivity index (χ4v) is 1.67. The molecule has 2 aromatic rings. The number of furan rings is 1. The second kappa shape index (κ2) is 4.40. The number of nitrogens with zero attached hydrogens (tertiary/aromatic N) is 1. The van der Waals surface area contributed by atoms with E-state index in [-0.39, 0.29) is 6.54 Å². The highest BCUT2D eigenvalue weighted by molar-refractivity contribution is 6.31. The first-order valence-electron chi connectivity index (χ1n) is 4.70. The average Bonchev–Trinajstić information content (AvgIpc) is 2.59. The van der Waals surface area contributed by atoms with Crippen LogP contribution < -0.4 is 11.7 Å². The van der Waals surface area contributed by atoms with Gasteiger partial charge in [-0.15, -0.1) is 0 Å². The van der Waals surface area contributed by atoms with E-state index in [4.69, 9.17) is 27.7 Å². The number of hydrazine groups is 2. The van der Waals surface area contributed by atoms with Gasteiger partial charge in [-0.25, -0.2) is 0 Å². The van der Waals surface area contributed by atoms with Crippen LogP contribution in [0.4, 0.5) is 0 Å². The summed E-state index contributed by atoms with van der Waals surface area (Å²) in [6, 6.07) is 6.95. The molecule has 1 atom stereocenters. The van der Waals surface area contributed by atoms with Crippen LogP contribution >= 0.6 is 11.6 Å². The van der Waals surface area contributed by atoms with E-state index in [2.05, 4.69) is 0 Å². The number of hydrogen-bond acceptors (Lipinski definition) is 5. The van der Waals surface area contributed by atoms with Crippen molar-refractivity contribution in [3.8, 4) is 0 Å². The first-order valence-corrected chi connectivity index (χ1v) is 5.08. The molecule has 0 saturated carbocycles. The summed E-state index contributed by atoms with van der Waals surface area (Å²) >= 11 is 5.84. The van der Waals surface area contributed by atoms with Crippen molar-refractivity contribution >= 4 is 22.6 Å². The van der Waals surface area contributed by atoms with Gasteiger partial charge in [0, 0.05) is 10.4 Å². The quantitative estimate of drug-likeness (QED) is 0.555. The summed E-state index contributed by atoms with van der Waals surface area (Å²) in [4.78, 5) is 0. The number of hydrogen-bond donors (Lipinski definition) is 3. The minimum Gasteiger partial charge on any atom is -0.458 e. The lowest BCUT2D eigenvalue weighted by Gasteiger charge is -2.12. The van der Waals surface area contributed by atoms with Crippen LogP contribution in [-0.2, 0) is 0 Å². The molecule has 1 heterocycles. The molecule has 0 spiro atoms. The van der Waals surface area contributed by atoms with Crippen LogP contribution in [0.3, 0.4) is 0 Å². The van der Waals surface area contributed by atoms with E-state index in [0.29, 0.717) is 16.4 Å². The van der Waals surface area contributed by atoms with Crippen molar-refractivity contribution in [2.45, 2.75) is 6.10 Å². The summed E-state index contributed by atoms with van der Waals surface area (Å²) in [5.74, 6) is 10.9. The van der Waals surface area contributed by atoms with Gasteiger partial charge in [-0.2, -0.15) is 5.12 Å². The van der Waals surface area contributed by atoms with Crippen molar-refractivity contribution in [2.75, 3.05) is 6.54 Å². The van der Waals surface area contributed by atoms with E-state index >= 15 is 0 Å². The molecule has 0 amide bonds. The molecule has 0 aliphatic rings. The molecule has 0 saturated heterocycles. The van der Waals surface area contributed by atoms with Crippen molar-refractivity contribution in [1.82, 2.24) is 5.12 Å². The van der Waals surface area contributed by atoms with Gasteiger partial charge in [0.1, 0.15) is 17.4 Å². The summed E-state index contributed by atoms with van der Waals surface area (Å²) in [6.07, 6.45) is -0.860. The van der Waals surface area contributed by atoms with Crippen molar-refractivity contribution in [1.29, 1.82) is 0 Å². The minimum absolute atomic E-state index is 0.0908. The molecular weight excluding hydrogens is 230 g/mol. The van der Waals surface area contributed by atoms with Gasteiger partial charge in [-0.3, -0.25) is 11.7 Å². The predicted octanol–water partition coefficient (Wildman–Crippen LogP) is 1.17. The van der Waals surface area contributed by atoms with Gasteiger partial charge in [0.15, 0.2) is 0 Å². The molecule has 5 N–H and O–H groups in total. The maximum atomic E-state index is 9.73. The number of rotatable bonds is 3. The first-order chi connectivity index (χ1) is 7.56. The molecule has 0 unspecified atom stereocenters. The monoisotopic (exact) mass is 241 g/mol. The number of aliphatic hydroxyl groups excluding tert-OH is 1. The molecule has 2 rings (SSSR count). The van der Waals surface area contributed by atoms with Crippen molar-refractivity contribution < 1.29 is 9.52 Å². The van der Waals surface area contributed by atoms with Crippen LogP contribution in [0.5, 0.6) is 0 Å². The Kier molecular flexibility index (Phi) is 3.13. The maximum Gasteiger partial charge on any atom is 0.135 e. The highest BCUT2D eigenvalue weighted by Gasteiger charge is 2.14. The summed E-state index contributed by atoms with van der Waals surface area (Å²) in [5.41, 5.74) is 0.666. The number of fused-ring (bicyclic) bond motifs is 1. The second-order valence-electron chi connectivity index (χ2n) is 3.54. The van der Waals surface area contributed by atoms with Crippen molar-refractivity contribution in [2.24, 2.45) is 11.7 Å². The van der Waals surface area contributed by atoms with Crippen LogP contribution in [0.1, 0.15) is 11.9 Å². The maximum absolute atomic E-state index is 9.73. The van der Waals surface area contributed by atoms with Gasteiger partial charge >= 0.3 is 0 Å². The van der Waals surface area contributed by atoms with Gasteiger partial charge in [0.25, 0.3) is 0 Å². The van der Waals surface area contributed by atoms with Crippen LogP contribution in [0.25, 0.3) is 11.0 Å². The van der Waals surface area contributed by atoms with Crippen molar-refractivity contribution in [3.63, 3.8) is 0 Å². The molecule has 0 aliphatic carbocycles. The standard InChI is InChI=1S/C10H12ClN3O2/c11-7-1-2-9-6(3-7)4-10(16-9)8(15)5-14(12)13/h1-4,8,15H,5,12-13H2/t8-/m0/s1. The molecule has 0 radical (unpaired) electrons. The van der Waals surface area contributed by atoms with E-state index in [1.54, 1.807) is 24.3 Å². The topological polar surface area (TPSA) is 88.7 Å². The molecule has 16 heavy (non-hydrogen) atoms. The fourth-order valence-electron chi connectivity index (χ4n) is 1.49. The van der Waals surface area contributed by atoms with Gasteiger partial charge < -0.3 is 9.52 Å². The van der Waals surface area contributed by atoms with E-state index in [1.165, 1.54) is 0 Å². The van der Waals surface area contributed by atoms with Crippen LogP contribution in [0.2, 0.25) is 5.02 Å². The van der Waals surface area contributed by atoms with Crippen LogP contribution in [-0.4, -0.2) is 16.8 Å². The molecule has 86 valence electrons. The normalized spacial score (nSPS) is 13.6. The minimum atomic E-state index is -0.860. The zero-order chi connectivity index (χ0) is 11.7. The highest BCUT2D eigenvalue weighted by atomic mass is 35.5. The molecule has 5 nitrogen and oxygen atoms in total. The number of halogens is 1. The Morgan fingerprint density at radius 1 is 1.38 bits per heavy atom. The Morgan fingerprint density at radius 2 is 2.12 bits per heavy atom. The number of nitrogens with two attached hydrogens (primary N) is 2. The van der Waals surface area contributed by atoms with E-state index in [9.17, 15) is 5.11 Å². The molecule has 1 aromatic carbocycles. The fraction of sp³-hybridized carbons (Fsp3) is 0.200. The second-order valence-corrected chi connectivity index (χ2v) is 3.98. The lowest BCUT2D eigenvalue weighted by atomic mass is 10.2. The molecule has 6 heteroatoms. The van der Waals surface area contributed by atoms with Gasteiger partial charge in [0.05, 0.1) is 6.54 Å². The molecule has 0 aliphatic heterocycles. The van der Waals surface area contributed by atoms with E-state index in [0.717, 1.165) is 10.5 Å². The summed E-state index contributed by atoms with van der Waals surface area (Å²) in [5, 5.41) is 12.1. The third-order valence-corrected chi connectivity index (χ3v) is 2.44. The van der Waals surface area contributed by atoms with Crippen molar-refractivity contribution in [3.05, 3.63) is 35.0 Å². The Labute approximate surface area is 97.1 Å². The van der Waals surface area contributed by atoms with E-state index < -0.39 is 6.10 Å². The zero-order valence-electron chi connectivity index (χ0n) is 8.43. The molecule has 0 bridgehead atoms. The highest BCUT2D eigenvalue weighted by Crippen LogP contribution is 2.26. The molecule has 0 fully saturated rings. The SMILES string of the molecule is NN(N)C[C@H](O)c1cc2cc(Cl)ccc2o1. The molecular formula is C10H12ClN3O2. The number of benzene rings is 1. The molecule has 1 aromatic heterocycles. The van der Waals surface area contributed by atoms with Gasteiger partial charge in [-0.05, 0) is 24.3 Å². The summed E-state index contributed by atoms with van der Waals surface area (Å²) in [7, 11) is 0. The van der Waals surface area contributed by atoms with E-state index in [1.807, 2.05) is 0 Å². The third-order valence-electron chi connectivity index (χ3n) is 2.21. The Bertz CT molecular complexity index is 498. The lowest BCUT2D eigenvalue weighted by Crippen LogP contribution is -2.40. The summed E-state index contributed by atoms with van der Waals surface area (Å²) < 4.78 is 5.44. The Morgan fingerprint density at radius 3 is 2.81 bits per heavy atom. The lowest BCUT2D eigenvalue weighted by molar-refractivity contribution is 0.0965. The Balaban J connectivity index is 2.32. The third kappa shape index (κ3) is 2.34. The van der Waals surface area contributed by atoms with Crippen LogP contribution in [0, 0.1) is 0 Å². The zero-order valence-corrected chi connectivity index (χ0v) is 9.19.